The third-order valence-corrected chi connectivity index (χ3v) is 3.30. The molecule has 0 spiro atoms. The van der Waals surface area contributed by atoms with Gasteiger partial charge in [-0.05, 0) is 24.3 Å². The number of rotatable bonds is 3. The molecule has 2 aromatic heterocycles. The van der Waals surface area contributed by atoms with Gasteiger partial charge in [0, 0.05) is 18.5 Å². The molecule has 0 aliphatic heterocycles. The van der Waals surface area contributed by atoms with E-state index in [1.54, 1.807) is 41.9 Å². The molecule has 0 saturated heterocycles. The van der Waals surface area contributed by atoms with Crippen molar-refractivity contribution in [3.05, 3.63) is 54.0 Å². The molecule has 0 radical (unpaired) electrons. The molecule has 0 N–H and O–H groups in total. The zero-order valence-electron chi connectivity index (χ0n) is 12.0. The number of pyridine rings is 1. The SMILES string of the molecule is COC(=O)c1cc2ccc(Oc3ccccc3F)nc2n1C. The molecular weight excluding hydrogens is 287 g/mol. The highest BCUT2D eigenvalue weighted by molar-refractivity contribution is 5.94. The Morgan fingerprint density at radius 1 is 1.23 bits per heavy atom. The van der Waals surface area contributed by atoms with Crippen LogP contribution in [0.4, 0.5) is 4.39 Å². The molecule has 0 amide bonds. The fourth-order valence-electron chi connectivity index (χ4n) is 2.18. The second-order valence-electron chi connectivity index (χ2n) is 4.67. The predicted octanol–water partition coefficient (Wildman–Crippen LogP) is 3.29. The quantitative estimate of drug-likeness (QED) is 0.696. The van der Waals surface area contributed by atoms with Crippen LogP contribution in [0.25, 0.3) is 11.0 Å². The first kappa shape index (κ1) is 14.1. The van der Waals surface area contributed by atoms with Crippen LogP contribution in [0.3, 0.4) is 0 Å². The number of aryl methyl sites for hydroxylation is 1. The van der Waals surface area contributed by atoms with E-state index in [9.17, 15) is 9.18 Å². The third kappa shape index (κ3) is 2.39. The molecule has 0 atom stereocenters. The summed E-state index contributed by atoms with van der Waals surface area (Å²) in [6, 6.07) is 11.1. The smallest absolute Gasteiger partial charge is 0.354 e. The summed E-state index contributed by atoms with van der Waals surface area (Å²) in [5.74, 6) is -0.574. The second kappa shape index (κ2) is 5.48. The van der Waals surface area contributed by atoms with Gasteiger partial charge in [-0.2, -0.15) is 4.98 Å². The first-order valence-corrected chi connectivity index (χ1v) is 6.57. The monoisotopic (exact) mass is 300 g/mol. The van der Waals surface area contributed by atoms with Crippen LogP contribution in [0.2, 0.25) is 0 Å². The van der Waals surface area contributed by atoms with Gasteiger partial charge in [-0.15, -0.1) is 0 Å². The number of methoxy groups -OCH3 is 1. The molecule has 1 aromatic carbocycles. The van der Waals surface area contributed by atoms with Gasteiger partial charge in [-0.3, -0.25) is 0 Å². The van der Waals surface area contributed by atoms with Crippen molar-refractivity contribution in [3.63, 3.8) is 0 Å². The Kier molecular flexibility index (Phi) is 3.50. The van der Waals surface area contributed by atoms with Gasteiger partial charge in [-0.1, -0.05) is 12.1 Å². The van der Waals surface area contributed by atoms with E-state index in [0.717, 1.165) is 5.39 Å². The molecule has 5 nitrogen and oxygen atoms in total. The lowest BCUT2D eigenvalue weighted by molar-refractivity contribution is 0.0590. The Morgan fingerprint density at radius 2 is 2.00 bits per heavy atom. The number of nitrogens with zero attached hydrogens (tertiary/aromatic N) is 2. The molecule has 0 unspecified atom stereocenters. The number of esters is 1. The zero-order chi connectivity index (χ0) is 15.7. The topological polar surface area (TPSA) is 53.4 Å². The van der Waals surface area contributed by atoms with Crippen molar-refractivity contribution in [1.29, 1.82) is 0 Å². The number of fused-ring (bicyclic) bond motifs is 1. The van der Waals surface area contributed by atoms with E-state index < -0.39 is 11.8 Å². The summed E-state index contributed by atoms with van der Waals surface area (Å²) in [5, 5.41) is 0.767. The number of ether oxygens (including phenoxy) is 2. The van der Waals surface area contributed by atoms with Crippen LogP contribution in [-0.2, 0) is 11.8 Å². The van der Waals surface area contributed by atoms with E-state index in [1.165, 1.54) is 19.2 Å². The van der Waals surface area contributed by atoms with Gasteiger partial charge < -0.3 is 14.0 Å². The van der Waals surface area contributed by atoms with E-state index in [0.29, 0.717) is 11.3 Å². The van der Waals surface area contributed by atoms with E-state index in [2.05, 4.69) is 4.98 Å². The lowest BCUT2D eigenvalue weighted by atomic mass is 10.3. The first-order chi connectivity index (χ1) is 10.6. The number of carbonyl (C=O) groups excluding carboxylic acids is 1. The molecule has 0 fully saturated rings. The Hall–Kier alpha value is -2.89. The average Bonchev–Trinajstić information content (AvgIpc) is 2.86. The highest BCUT2D eigenvalue weighted by atomic mass is 19.1. The van der Waals surface area contributed by atoms with E-state index >= 15 is 0 Å². The average molecular weight is 300 g/mol. The summed E-state index contributed by atoms with van der Waals surface area (Å²) in [5.41, 5.74) is 0.933. The van der Waals surface area contributed by atoms with Crippen molar-refractivity contribution in [2.24, 2.45) is 7.05 Å². The number of aromatic nitrogens is 2. The van der Waals surface area contributed by atoms with Crippen LogP contribution in [0.5, 0.6) is 11.6 Å². The summed E-state index contributed by atoms with van der Waals surface area (Å²) in [4.78, 5) is 16.0. The molecule has 3 rings (SSSR count). The Balaban J connectivity index is 2.01. The van der Waals surface area contributed by atoms with Crippen LogP contribution in [0.1, 0.15) is 10.5 Å². The molecule has 112 valence electrons. The minimum absolute atomic E-state index is 0.0942. The van der Waals surface area contributed by atoms with E-state index in [4.69, 9.17) is 9.47 Å². The third-order valence-electron chi connectivity index (χ3n) is 3.30. The van der Waals surface area contributed by atoms with Gasteiger partial charge in [0.1, 0.15) is 11.3 Å². The molecule has 0 saturated carbocycles. The van der Waals surface area contributed by atoms with Crippen molar-refractivity contribution in [3.8, 4) is 11.6 Å². The number of hydrogen-bond acceptors (Lipinski definition) is 4. The zero-order valence-corrected chi connectivity index (χ0v) is 12.0. The molecule has 0 aliphatic carbocycles. The molecular formula is C16H13FN2O3. The maximum absolute atomic E-state index is 13.6. The lowest BCUT2D eigenvalue weighted by Gasteiger charge is -2.06. The largest absolute Gasteiger partial charge is 0.464 e. The van der Waals surface area contributed by atoms with Gasteiger partial charge in [-0.25, -0.2) is 9.18 Å². The number of para-hydroxylation sites is 1. The van der Waals surface area contributed by atoms with Crippen LogP contribution in [-0.4, -0.2) is 22.6 Å². The number of halogens is 1. The molecule has 0 bridgehead atoms. The van der Waals surface area contributed by atoms with Crippen LogP contribution in [0, 0.1) is 5.82 Å². The van der Waals surface area contributed by atoms with Gasteiger partial charge in [0.15, 0.2) is 11.6 Å². The van der Waals surface area contributed by atoms with Gasteiger partial charge >= 0.3 is 5.97 Å². The fourth-order valence-corrected chi connectivity index (χ4v) is 2.18. The Labute approximate surface area is 125 Å². The van der Waals surface area contributed by atoms with Gasteiger partial charge in [0.2, 0.25) is 5.88 Å². The summed E-state index contributed by atoms with van der Waals surface area (Å²) in [7, 11) is 3.02. The van der Waals surface area contributed by atoms with Crippen molar-refractivity contribution in [2.45, 2.75) is 0 Å². The minimum Gasteiger partial charge on any atom is -0.464 e. The molecule has 6 heteroatoms. The summed E-state index contributed by atoms with van der Waals surface area (Å²) in [6.45, 7) is 0. The molecule has 3 aromatic rings. The highest BCUT2D eigenvalue weighted by Crippen LogP contribution is 2.26. The second-order valence-corrected chi connectivity index (χ2v) is 4.67. The minimum atomic E-state index is -0.466. The maximum atomic E-state index is 13.6. The lowest BCUT2D eigenvalue weighted by Crippen LogP contribution is -2.07. The Bertz CT molecular complexity index is 858. The summed E-state index contributed by atoms with van der Waals surface area (Å²) >= 11 is 0. The van der Waals surface area contributed by atoms with E-state index in [-0.39, 0.29) is 11.6 Å². The van der Waals surface area contributed by atoms with Gasteiger partial charge in [0.25, 0.3) is 0 Å². The van der Waals surface area contributed by atoms with Crippen molar-refractivity contribution < 1.29 is 18.7 Å². The summed E-state index contributed by atoms with van der Waals surface area (Å²) in [6.07, 6.45) is 0. The highest BCUT2D eigenvalue weighted by Gasteiger charge is 2.15. The van der Waals surface area contributed by atoms with Gasteiger partial charge in [0.05, 0.1) is 7.11 Å². The van der Waals surface area contributed by atoms with Crippen molar-refractivity contribution in [1.82, 2.24) is 9.55 Å². The fraction of sp³-hybridized carbons (Fsp3) is 0.125. The van der Waals surface area contributed by atoms with Crippen LogP contribution >= 0.6 is 0 Å². The number of hydrogen-bond donors (Lipinski definition) is 0. The van der Waals surface area contributed by atoms with Crippen LogP contribution in [0.15, 0.2) is 42.5 Å². The summed E-state index contributed by atoms with van der Waals surface area (Å²) < 4.78 is 25.4. The molecule has 22 heavy (non-hydrogen) atoms. The Morgan fingerprint density at radius 3 is 2.73 bits per heavy atom. The predicted molar refractivity (Wildman–Crippen MR) is 78.5 cm³/mol. The molecule has 2 heterocycles. The normalized spacial score (nSPS) is 10.7. The van der Waals surface area contributed by atoms with Crippen molar-refractivity contribution in [2.75, 3.05) is 7.11 Å². The van der Waals surface area contributed by atoms with E-state index in [1.807, 2.05) is 0 Å². The number of carbonyl (C=O) groups is 1. The number of benzene rings is 1. The standard InChI is InChI=1S/C16H13FN2O3/c1-19-12(16(20)21-2)9-10-7-8-14(18-15(10)19)22-13-6-4-3-5-11(13)17/h3-9H,1-2H3. The van der Waals surface area contributed by atoms with Crippen molar-refractivity contribution >= 4 is 17.0 Å². The first-order valence-electron chi connectivity index (χ1n) is 6.57. The maximum Gasteiger partial charge on any atom is 0.354 e. The van der Waals surface area contributed by atoms with Crippen LogP contribution < -0.4 is 4.74 Å². The molecule has 0 aliphatic rings.